The van der Waals surface area contributed by atoms with Gasteiger partial charge in [0, 0.05) is 32.7 Å². The molecule has 0 N–H and O–H groups in total. The van der Waals surface area contributed by atoms with Crippen LogP contribution in [-0.2, 0) is 6.54 Å². The minimum Gasteiger partial charge on any atom is -0.459 e. The van der Waals surface area contributed by atoms with E-state index < -0.39 is 11.6 Å². The molecule has 1 aliphatic heterocycles. The summed E-state index contributed by atoms with van der Waals surface area (Å²) in [7, 11) is 0. The van der Waals surface area contributed by atoms with Gasteiger partial charge in [0.05, 0.1) is 6.26 Å². The average molecular weight is 306 g/mol. The fraction of sp³-hybridized carbons (Fsp3) is 0.312. The predicted molar refractivity (Wildman–Crippen MR) is 76.2 cm³/mol. The number of piperazine rings is 1. The first kappa shape index (κ1) is 14.7. The van der Waals surface area contributed by atoms with Gasteiger partial charge in [-0.25, -0.2) is 8.78 Å². The lowest BCUT2D eigenvalue weighted by molar-refractivity contribution is 0.0597. The van der Waals surface area contributed by atoms with Gasteiger partial charge in [0.15, 0.2) is 17.4 Å². The van der Waals surface area contributed by atoms with Crippen molar-refractivity contribution in [3.05, 3.63) is 59.6 Å². The van der Waals surface area contributed by atoms with Gasteiger partial charge in [-0.15, -0.1) is 0 Å². The molecule has 2 aromatic rings. The maximum atomic E-state index is 13.2. The van der Waals surface area contributed by atoms with Crippen molar-refractivity contribution >= 4 is 5.91 Å². The van der Waals surface area contributed by atoms with Crippen LogP contribution in [0, 0.1) is 11.6 Å². The van der Waals surface area contributed by atoms with Crippen molar-refractivity contribution in [3.63, 3.8) is 0 Å². The normalized spacial score (nSPS) is 16.0. The molecular formula is C16H16F2N2O2. The highest BCUT2D eigenvalue weighted by atomic mass is 19.2. The van der Waals surface area contributed by atoms with Crippen molar-refractivity contribution < 1.29 is 18.0 Å². The van der Waals surface area contributed by atoms with Crippen LogP contribution in [-0.4, -0.2) is 41.9 Å². The lowest BCUT2D eigenvalue weighted by Crippen LogP contribution is -2.48. The molecule has 0 aliphatic carbocycles. The summed E-state index contributed by atoms with van der Waals surface area (Å²) in [6.07, 6.45) is 1.48. The number of rotatable bonds is 3. The smallest absolute Gasteiger partial charge is 0.289 e. The van der Waals surface area contributed by atoms with E-state index in [0.29, 0.717) is 38.5 Å². The van der Waals surface area contributed by atoms with E-state index in [1.54, 1.807) is 23.1 Å². The molecular weight excluding hydrogens is 290 g/mol. The van der Waals surface area contributed by atoms with Crippen LogP contribution in [0.25, 0.3) is 0 Å². The number of carbonyl (C=O) groups is 1. The van der Waals surface area contributed by atoms with Gasteiger partial charge in [-0.3, -0.25) is 9.69 Å². The van der Waals surface area contributed by atoms with Crippen molar-refractivity contribution in [2.75, 3.05) is 26.2 Å². The number of nitrogens with zero attached hydrogens (tertiary/aromatic N) is 2. The summed E-state index contributed by atoms with van der Waals surface area (Å²) in [6, 6.07) is 7.28. The summed E-state index contributed by atoms with van der Waals surface area (Å²) in [5.41, 5.74) is 0.727. The molecule has 3 rings (SSSR count). The lowest BCUT2D eigenvalue weighted by Gasteiger charge is -2.34. The molecule has 0 bridgehead atoms. The molecule has 1 saturated heterocycles. The van der Waals surface area contributed by atoms with Gasteiger partial charge in [-0.2, -0.15) is 0 Å². The Morgan fingerprint density at radius 3 is 2.50 bits per heavy atom. The Hall–Kier alpha value is -2.21. The first-order valence-corrected chi connectivity index (χ1v) is 7.12. The quantitative estimate of drug-likeness (QED) is 0.874. The zero-order valence-electron chi connectivity index (χ0n) is 12.0. The minimum atomic E-state index is -0.836. The highest BCUT2D eigenvalue weighted by molar-refractivity contribution is 5.91. The summed E-state index contributed by atoms with van der Waals surface area (Å²) in [4.78, 5) is 16.0. The van der Waals surface area contributed by atoms with Crippen LogP contribution in [0.15, 0.2) is 41.0 Å². The van der Waals surface area contributed by atoms with E-state index in [4.69, 9.17) is 4.42 Å². The number of benzene rings is 1. The molecule has 0 atom stereocenters. The van der Waals surface area contributed by atoms with Crippen LogP contribution in [0.4, 0.5) is 8.78 Å². The van der Waals surface area contributed by atoms with Gasteiger partial charge in [0.2, 0.25) is 0 Å². The summed E-state index contributed by atoms with van der Waals surface area (Å²) >= 11 is 0. The Labute approximate surface area is 126 Å². The average Bonchev–Trinajstić information content (AvgIpc) is 3.05. The molecule has 2 heterocycles. The van der Waals surface area contributed by atoms with Crippen LogP contribution in [0.2, 0.25) is 0 Å². The SMILES string of the molecule is O=C(c1ccco1)N1CCN(Cc2ccc(F)c(F)c2)CC1. The van der Waals surface area contributed by atoms with E-state index in [9.17, 15) is 13.6 Å². The van der Waals surface area contributed by atoms with Gasteiger partial charge in [-0.1, -0.05) is 6.07 Å². The Balaban J connectivity index is 1.55. The molecule has 4 nitrogen and oxygen atoms in total. The molecule has 1 aromatic heterocycles. The Morgan fingerprint density at radius 2 is 1.86 bits per heavy atom. The highest BCUT2D eigenvalue weighted by Crippen LogP contribution is 2.14. The number of hydrogen-bond acceptors (Lipinski definition) is 3. The monoisotopic (exact) mass is 306 g/mol. The van der Waals surface area contributed by atoms with E-state index in [0.717, 1.165) is 11.6 Å². The number of halogens is 2. The second kappa shape index (κ2) is 6.27. The molecule has 6 heteroatoms. The van der Waals surface area contributed by atoms with Crippen molar-refractivity contribution in [1.82, 2.24) is 9.80 Å². The van der Waals surface area contributed by atoms with Crippen LogP contribution in [0.5, 0.6) is 0 Å². The van der Waals surface area contributed by atoms with E-state index in [1.165, 1.54) is 12.3 Å². The fourth-order valence-corrected chi connectivity index (χ4v) is 2.56. The van der Waals surface area contributed by atoms with Crippen LogP contribution < -0.4 is 0 Å². The third-order valence-corrected chi connectivity index (χ3v) is 3.78. The molecule has 1 aliphatic rings. The second-order valence-corrected chi connectivity index (χ2v) is 5.29. The maximum Gasteiger partial charge on any atom is 0.289 e. The Bertz CT molecular complexity index is 650. The maximum absolute atomic E-state index is 13.2. The zero-order chi connectivity index (χ0) is 15.5. The minimum absolute atomic E-state index is 0.113. The molecule has 0 unspecified atom stereocenters. The Kier molecular flexibility index (Phi) is 4.20. The van der Waals surface area contributed by atoms with E-state index in [2.05, 4.69) is 4.90 Å². The van der Waals surface area contributed by atoms with Gasteiger partial charge < -0.3 is 9.32 Å². The van der Waals surface area contributed by atoms with Gasteiger partial charge >= 0.3 is 0 Å². The third-order valence-electron chi connectivity index (χ3n) is 3.78. The number of furan rings is 1. The molecule has 0 radical (unpaired) electrons. The van der Waals surface area contributed by atoms with Gasteiger partial charge in [0.25, 0.3) is 5.91 Å². The highest BCUT2D eigenvalue weighted by Gasteiger charge is 2.23. The molecule has 1 amide bonds. The van der Waals surface area contributed by atoms with Crippen molar-refractivity contribution in [2.24, 2.45) is 0 Å². The summed E-state index contributed by atoms with van der Waals surface area (Å²) in [6.45, 7) is 3.09. The van der Waals surface area contributed by atoms with Crippen molar-refractivity contribution in [1.29, 1.82) is 0 Å². The largest absolute Gasteiger partial charge is 0.459 e. The molecule has 1 aromatic carbocycles. The van der Waals surface area contributed by atoms with Gasteiger partial charge in [-0.05, 0) is 29.8 Å². The van der Waals surface area contributed by atoms with Crippen LogP contribution in [0.3, 0.4) is 0 Å². The standard InChI is InChI=1S/C16H16F2N2O2/c17-13-4-3-12(10-14(13)18)11-19-5-7-20(8-6-19)16(21)15-2-1-9-22-15/h1-4,9-10H,5-8,11H2. The van der Waals surface area contributed by atoms with E-state index >= 15 is 0 Å². The number of carbonyl (C=O) groups excluding carboxylic acids is 1. The summed E-state index contributed by atoms with van der Waals surface area (Å²) in [5.74, 6) is -1.44. The second-order valence-electron chi connectivity index (χ2n) is 5.29. The van der Waals surface area contributed by atoms with Crippen molar-refractivity contribution in [2.45, 2.75) is 6.54 Å². The number of amides is 1. The molecule has 1 fully saturated rings. The van der Waals surface area contributed by atoms with Crippen molar-refractivity contribution in [3.8, 4) is 0 Å². The number of hydrogen-bond donors (Lipinski definition) is 0. The molecule has 22 heavy (non-hydrogen) atoms. The van der Waals surface area contributed by atoms with Crippen LogP contribution >= 0.6 is 0 Å². The van der Waals surface area contributed by atoms with Gasteiger partial charge in [0.1, 0.15) is 0 Å². The molecule has 0 spiro atoms. The Morgan fingerprint density at radius 1 is 1.09 bits per heavy atom. The van der Waals surface area contributed by atoms with E-state index in [1.807, 2.05) is 0 Å². The third kappa shape index (κ3) is 3.17. The lowest BCUT2D eigenvalue weighted by atomic mass is 10.2. The molecule has 0 saturated carbocycles. The first-order chi connectivity index (χ1) is 10.6. The fourth-order valence-electron chi connectivity index (χ4n) is 2.56. The summed E-state index contributed by atoms with van der Waals surface area (Å²) in [5, 5.41) is 0. The predicted octanol–water partition coefficient (Wildman–Crippen LogP) is 2.52. The zero-order valence-corrected chi connectivity index (χ0v) is 12.0. The molecule has 116 valence electrons. The topological polar surface area (TPSA) is 36.7 Å². The van der Waals surface area contributed by atoms with E-state index in [-0.39, 0.29) is 5.91 Å². The summed E-state index contributed by atoms with van der Waals surface area (Å²) < 4.78 is 31.2. The van der Waals surface area contributed by atoms with Crippen LogP contribution in [0.1, 0.15) is 16.1 Å². The first-order valence-electron chi connectivity index (χ1n) is 7.12.